The van der Waals surface area contributed by atoms with Gasteiger partial charge in [0.15, 0.2) is 0 Å². The van der Waals surface area contributed by atoms with Crippen LogP contribution in [-0.2, 0) is 19.3 Å². The molecule has 0 aliphatic heterocycles. The molecule has 20 heavy (non-hydrogen) atoms. The minimum Gasteiger partial charge on any atom is -0.328 e. The molecule has 0 aliphatic rings. The lowest BCUT2D eigenvalue weighted by molar-refractivity contribution is 0.737. The fraction of sp³-hybridized carbons (Fsp3) is 0.438. The quantitative estimate of drug-likeness (QED) is 0.916. The van der Waals surface area contributed by atoms with E-state index < -0.39 is 0 Å². The number of hydrogen-bond donors (Lipinski definition) is 1. The molecule has 2 rings (SSSR count). The molecule has 0 radical (unpaired) electrons. The topological polar surface area (TPSA) is 43.8 Å². The molecule has 2 aromatic rings. The summed E-state index contributed by atoms with van der Waals surface area (Å²) in [5.41, 5.74) is 10.3. The molecule has 0 bridgehead atoms. The van der Waals surface area contributed by atoms with Crippen LogP contribution >= 0.6 is 11.6 Å². The van der Waals surface area contributed by atoms with Gasteiger partial charge in [-0.15, -0.1) is 0 Å². The minimum absolute atomic E-state index is 0.112. The van der Waals surface area contributed by atoms with Crippen molar-refractivity contribution < 1.29 is 0 Å². The SMILES string of the molecule is CCc1cc(CC)n(-c2ccc(CC(C)N)c(Cl)c2)n1. The van der Waals surface area contributed by atoms with Crippen molar-refractivity contribution in [3.8, 4) is 5.69 Å². The zero-order valence-electron chi connectivity index (χ0n) is 12.4. The molecule has 3 nitrogen and oxygen atoms in total. The lowest BCUT2D eigenvalue weighted by Crippen LogP contribution is -2.18. The highest BCUT2D eigenvalue weighted by Crippen LogP contribution is 2.23. The van der Waals surface area contributed by atoms with E-state index in [1.807, 2.05) is 23.7 Å². The van der Waals surface area contributed by atoms with Crippen LogP contribution in [0.3, 0.4) is 0 Å². The molecule has 0 aliphatic carbocycles. The van der Waals surface area contributed by atoms with E-state index in [2.05, 4.69) is 31.1 Å². The average Bonchev–Trinajstić information content (AvgIpc) is 2.84. The first-order chi connectivity index (χ1) is 9.55. The summed E-state index contributed by atoms with van der Waals surface area (Å²) in [4.78, 5) is 0. The summed E-state index contributed by atoms with van der Waals surface area (Å²) >= 11 is 6.36. The first-order valence-corrected chi connectivity index (χ1v) is 7.55. The van der Waals surface area contributed by atoms with E-state index in [1.54, 1.807) is 0 Å². The van der Waals surface area contributed by atoms with Crippen molar-refractivity contribution >= 4 is 11.6 Å². The van der Waals surface area contributed by atoms with Crippen LogP contribution in [-0.4, -0.2) is 15.8 Å². The molecule has 1 atom stereocenters. The first-order valence-electron chi connectivity index (χ1n) is 7.17. The van der Waals surface area contributed by atoms with Crippen molar-refractivity contribution in [1.82, 2.24) is 9.78 Å². The van der Waals surface area contributed by atoms with Gasteiger partial charge in [-0.25, -0.2) is 4.68 Å². The van der Waals surface area contributed by atoms with E-state index in [1.165, 1.54) is 5.69 Å². The Bertz CT molecular complexity index is 587. The Labute approximate surface area is 125 Å². The normalized spacial score (nSPS) is 12.7. The number of benzene rings is 1. The standard InChI is InChI=1S/C16H22ClN3/c1-4-13-9-14(5-2)20(19-13)15-7-6-12(8-11(3)18)16(17)10-15/h6-7,9-11H,4-5,8,18H2,1-3H3. The van der Waals surface area contributed by atoms with Gasteiger partial charge >= 0.3 is 0 Å². The second kappa shape index (κ2) is 6.42. The summed E-state index contributed by atoms with van der Waals surface area (Å²) in [6.07, 6.45) is 2.68. The monoisotopic (exact) mass is 291 g/mol. The van der Waals surface area contributed by atoms with E-state index in [0.717, 1.165) is 41.2 Å². The predicted molar refractivity (Wildman–Crippen MR) is 84.7 cm³/mol. The van der Waals surface area contributed by atoms with Crippen LogP contribution in [0.2, 0.25) is 5.02 Å². The van der Waals surface area contributed by atoms with Crippen LogP contribution in [0.4, 0.5) is 0 Å². The Kier molecular flexibility index (Phi) is 4.84. The molecule has 2 N–H and O–H groups in total. The lowest BCUT2D eigenvalue weighted by atomic mass is 10.1. The highest BCUT2D eigenvalue weighted by atomic mass is 35.5. The van der Waals surface area contributed by atoms with Gasteiger partial charge in [-0.3, -0.25) is 0 Å². The summed E-state index contributed by atoms with van der Waals surface area (Å²) in [6.45, 7) is 6.24. The fourth-order valence-corrected chi connectivity index (χ4v) is 2.56. The number of aromatic nitrogens is 2. The Morgan fingerprint density at radius 3 is 2.55 bits per heavy atom. The number of nitrogens with zero attached hydrogens (tertiary/aromatic N) is 2. The molecule has 1 heterocycles. The highest BCUT2D eigenvalue weighted by Gasteiger charge is 2.10. The van der Waals surface area contributed by atoms with Gasteiger partial charge in [0.2, 0.25) is 0 Å². The second-order valence-corrected chi connectivity index (χ2v) is 5.61. The average molecular weight is 292 g/mol. The van der Waals surface area contributed by atoms with Crippen molar-refractivity contribution in [3.63, 3.8) is 0 Å². The zero-order valence-corrected chi connectivity index (χ0v) is 13.1. The molecule has 0 saturated heterocycles. The summed E-state index contributed by atoms with van der Waals surface area (Å²) in [5, 5.41) is 5.39. The second-order valence-electron chi connectivity index (χ2n) is 5.20. The van der Waals surface area contributed by atoms with Crippen LogP contribution in [0.1, 0.15) is 37.7 Å². The van der Waals surface area contributed by atoms with Gasteiger partial charge in [-0.05, 0) is 49.9 Å². The van der Waals surface area contributed by atoms with E-state index in [-0.39, 0.29) is 6.04 Å². The minimum atomic E-state index is 0.112. The molecular formula is C16H22ClN3. The molecule has 1 unspecified atom stereocenters. The number of aryl methyl sites for hydroxylation is 2. The highest BCUT2D eigenvalue weighted by molar-refractivity contribution is 6.31. The third-order valence-electron chi connectivity index (χ3n) is 3.38. The molecule has 0 saturated carbocycles. The van der Waals surface area contributed by atoms with Gasteiger partial charge in [0.1, 0.15) is 0 Å². The van der Waals surface area contributed by atoms with Crippen molar-refractivity contribution in [3.05, 3.63) is 46.2 Å². The molecule has 1 aromatic heterocycles. The van der Waals surface area contributed by atoms with E-state index in [9.17, 15) is 0 Å². The molecule has 0 amide bonds. The van der Waals surface area contributed by atoms with Gasteiger partial charge in [-0.2, -0.15) is 5.10 Å². The molecule has 0 spiro atoms. The van der Waals surface area contributed by atoms with Crippen LogP contribution in [0.5, 0.6) is 0 Å². The van der Waals surface area contributed by atoms with Gasteiger partial charge in [0.25, 0.3) is 0 Å². The maximum Gasteiger partial charge on any atom is 0.0663 e. The molecular weight excluding hydrogens is 270 g/mol. The maximum absolute atomic E-state index is 6.36. The Balaban J connectivity index is 2.38. The summed E-state index contributed by atoms with van der Waals surface area (Å²) in [5.74, 6) is 0. The van der Waals surface area contributed by atoms with E-state index in [4.69, 9.17) is 17.3 Å². The summed E-state index contributed by atoms with van der Waals surface area (Å²) in [7, 11) is 0. The van der Waals surface area contributed by atoms with Gasteiger partial charge in [0.05, 0.1) is 11.4 Å². The largest absolute Gasteiger partial charge is 0.328 e. The van der Waals surface area contributed by atoms with Crippen molar-refractivity contribution in [2.24, 2.45) is 5.73 Å². The van der Waals surface area contributed by atoms with Crippen molar-refractivity contribution in [2.75, 3.05) is 0 Å². The van der Waals surface area contributed by atoms with Crippen molar-refractivity contribution in [2.45, 2.75) is 46.1 Å². The number of hydrogen-bond acceptors (Lipinski definition) is 2. The fourth-order valence-electron chi connectivity index (χ4n) is 2.30. The van der Waals surface area contributed by atoms with Gasteiger partial charge < -0.3 is 5.73 Å². The predicted octanol–water partition coefficient (Wildman–Crippen LogP) is 3.54. The Hall–Kier alpha value is -1.32. The zero-order chi connectivity index (χ0) is 14.7. The van der Waals surface area contributed by atoms with Crippen LogP contribution in [0.25, 0.3) is 5.69 Å². The molecule has 108 valence electrons. The maximum atomic E-state index is 6.36. The molecule has 4 heteroatoms. The van der Waals surface area contributed by atoms with E-state index >= 15 is 0 Å². The molecule has 0 fully saturated rings. The third-order valence-corrected chi connectivity index (χ3v) is 3.73. The summed E-state index contributed by atoms with van der Waals surface area (Å²) in [6, 6.07) is 8.36. The van der Waals surface area contributed by atoms with Gasteiger partial charge in [-0.1, -0.05) is 31.5 Å². The van der Waals surface area contributed by atoms with Crippen LogP contribution in [0.15, 0.2) is 24.3 Å². The summed E-state index contributed by atoms with van der Waals surface area (Å²) < 4.78 is 1.99. The first kappa shape index (κ1) is 15.1. The Morgan fingerprint density at radius 1 is 1.25 bits per heavy atom. The Morgan fingerprint density at radius 2 is 2.00 bits per heavy atom. The number of nitrogens with two attached hydrogens (primary N) is 1. The van der Waals surface area contributed by atoms with Gasteiger partial charge in [0, 0.05) is 16.8 Å². The molecule has 1 aromatic carbocycles. The van der Waals surface area contributed by atoms with Crippen molar-refractivity contribution in [1.29, 1.82) is 0 Å². The smallest absolute Gasteiger partial charge is 0.0663 e. The lowest BCUT2D eigenvalue weighted by Gasteiger charge is -2.11. The van der Waals surface area contributed by atoms with Crippen LogP contribution < -0.4 is 5.73 Å². The van der Waals surface area contributed by atoms with E-state index in [0.29, 0.717) is 0 Å². The third kappa shape index (κ3) is 3.22. The number of rotatable bonds is 5. The number of halogens is 1. The van der Waals surface area contributed by atoms with Crippen LogP contribution in [0, 0.1) is 0 Å².